The predicted octanol–water partition coefficient (Wildman–Crippen LogP) is 2.48. The van der Waals surface area contributed by atoms with Crippen LogP contribution < -0.4 is 11.1 Å². The molecule has 0 saturated carbocycles. The SMILES string of the molecule is Nc1ccc(NCc2cncs2)c(F)c1. The summed E-state index contributed by atoms with van der Waals surface area (Å²) in [5, 5.41) is 2.98. The number of hydrogen-bond acceptors (Lipinski definition) is 4. The van der Waals surface area contributed by atoms with Gasteiger partial charge in [0.05, 0.1) is 17.7 Å². The van der Waals surface area contributed by atoms with E-state index in [9.17, 15) is 4.39 Å². The number of nitrogens with zero attached hydrogens (tertiary/aromatic N) is 1. The van der Waals surface area contributed by atoms with E-state index in [4.69, 9.17) is 5.73 Å². The van der Waals surface area contributed by atoms with Crippen molar-refractivity contribution < 1.29 is 4.39 Å². The highest BCUT2D eigenvalue weighted by atomic mass is 32.1. The Labute approximate surface area is 90.8 Å². The molecule has 0 saturated heterocycles. The molecule has 0 bridgehead atoms. The van der Waals surface area contributed by atoms with Crippen molar-refractivity contribution in [3.63, 3.8) is 0 Å². The number of nitrogens with two attached hydrogens (primary N) is 1. The molecule has 0 unspecified atom stereocenters. The van der Waals surface area contributed by atoms with Crippen molar-refractivity contribution >= 4 is 22.7 Å². The summed E-state index contributed by atoms with van der Waals surface area (Å²) < 4.78 is 13.3. The number of nitrogen functional groups attached to an aromatic ring is 1. The summed E-state index contributed by atoms with van der Waals surface area (Å²) in [5.74, 6) is -0.334. The molecule has 0 spiro atoms. The summed E-state index contributed by atoms with van der Waals surface area (Å²) in [7, 11) is 0. The van der Waals surface area contributed by atoms with E-state index in [1.807, 2.05) is 0 Å². The highest BCUT2D eigenvalue weighted by molar-refractivity contribution is 7.09. The predicted molar refractivity (Wildman–Crippen MR) is 60.3 cm³/mol. The fraction of sp³-hybridized carbons (Fsp3) is 0.100. The molecule has 0 radical (unpaired) electrons. The zero-order chi connectivity index (χ0) is 10.7. The van der Waals surface area contributed by atoms with E-state index in [1.54, 1.807) is 23.8 Å². The van der Waals surface area contributed by atoms with Gasteiger partial charge in [0.25, 0.3) is 0 Å². The van der Waals surface area contributed by atoms with Gasteiger partial charge in [-0.05, 0) is 18.2 Å². The fourth-order valence-corrected chi connectivity index (χ4v) is 1.72. The normalized spacial score (nSPS) is 10.2. The maximum atomic E-state index is 13.3. The second-order valence-corrected chi connectivity index (χ2v) is 4.03. The van der Waals surface area contributed by atoms with Crippen LogP contribution in [0, 0.1) is 5.82 Å². The Morgan fingerprint density at radius 3 is 3.00 bits per heavy atom. The number of thiazole rings is 1. The molecule has 0 amide bonds. The Balaban J connectivity index is 2.05. The molecule has 0 aliphatic rings. The summed E-state index contributed by atoms with van der Waals surface area (Å²) in [5.41, 5.74) is 8.07. The standard InChI is InChI=1S/C10H10FN3S/c11-9-3-7(12)1-2-10(9)14-5-8-4-13-6-15-8/h1-4,6,14H,5,12H2. The van der Waals surface area contributed by atoms with Crippen LogP contribution in [0.1, 0.15) is 4.88 Å². The second kappa shape index (κ2) is 4.27. The molecule has 1 aromatic heterocycles. The van der Waals surface area contributed by atoms with Gasteiger partial charge in [-0.3, -0.25) is 4.98 Å². The maximum Gasteiger partial charge on any atom is 0.148 e. The van der Waals surface area contributed by atoms with Crippen LogP contribution in [0.25, 0.3) is 0 Å². The van der Waals surface area contributed by atoms with Crippen molar-refractivity contribution in [3.8, 4) is 0 Å². The Hall–Kier alpha value is -1.62. The third-order valence-corrected chi connectivity index (χ3v) is 2.71. The molecule has 0 fully saturated rings. The summed E-state index contributed by atoms with van der Waals surface area (Å²) in [6.07, 6.45) is 1.76. The highest BCUT2D eigenvalue weighted by Gasteiger charge is 2.02. The van der Waals surface area contributed by atoms with Crippen LogP contribution in [-0.4, -0.2) is 4.98 Å². The molecule has 1 heterocycles. The van der Waals surface area contributed by atoms with Gasteiger partial charge >= 0.3 is 0 Å². The lowest BCUT2D eigenvalue weighted by molar-refractivity contribution is 0.631. The fourth-order valence-electron chi connectivity index (χ4n) is 1.19. The van der Waals surface area contributed by atoms with Gasteiger partial charge in [-0.2, -0.15) is 0 Å². The van der Waals surface area contributed by atoms with Crippen LogP contribution in [0.15, 0.2) is 29.9 Å². The highest BCUT2D eigenvalue weighted by Crippen LogP contribution is 2.18. The number of halogens is 1. The first-order chi connectivity index (χ1) is 7.25. The van der Waals surface area contributed by atoms with E-state index >= 15 is 0 Å². The molecule has 0 aliphatic carbocycles. The summed E-state index contributed by atoms with van der Waals surface area (Å²) in [4.78, 5) is 5.00. The minimum atomic E-state index is -0.334. The van der Waals surface area contributed by atoms with Gasteiger partial charge in [-0.15, -0.1) is 11.3 Å². The monoisotopic (exact) mass is 223 g/mol. The van der Waals surface area contributed by atoms with Gasteiger partial charge < -0.3 is 11.1 Å². The average molecular weight is 223 g/mol. The third kappa shape index (κ3) is 2.44. The van der Waals surface area contributed by atoms with Crippen LogP contribution in [0.4, 0.5) is 15.8 Å². The van der Waals surface area contributed by atoms with Crippen LogP contribution in [-0.2, 0) is 6.54 Å². The molecule has 78 valence electrons. The molecule has 0 atom stereocenters. The van der Waals surface area contributed by atoms with Gasteiger partial charge in [0.15, 0.2) is 0 Å². The zero-order valence-electron chi connectivity index (χ0n) is 7.90. The molecule has 5 heteroatoms. The Morgan fingerprint density at radius 1 is 1.47 bits per heavy atom. The second-order valence-electron chi connectivity index (χ2n) is 3.06. The van der Waals surface area contributed by atoms with Crippen molar-refractivity contribution in [1.82, 2.24) is 4.98 Å². The molecule has 15 heavy (non-hydrogen) atoms. The number of benzene rings is 1. The lowest BCUT2D eigenvalue weighted by Crippen LogP contribution is -2.00. The molecule has 3 N–H and O–H groups in total. The average Bonchev–Trinajstić information content (AvgIpc) is 2.69. The van der Waals surface area contributed by atoms with Gasteiger partial charge in [0.1, 0.15) is 5.82 Å². The van der Waals surface area contributed by atoms with Crippen molar-refractivity contribution in [2.24, 2.45) is 0 Å². The molecule has 3 nitrogen and oxygen atoms in total. The minimum Gasteiger partial charge on any atom is -0.399 e. The van der Waals surface area contributed by atoms with Crippen LogP contribution in [0.3, 0.4) is 0 Å². The van der Waals surface area contributed by atoms with Crippen LogP contribution in [0.5, 0.6) is 0 Å². The van der Waals surface area contributed by atoms with Gasteiger partial charge in [0, 0.05) is 16.8 Å². The Morgan fingerprint density at radius 2 is 2.33 bits per heavy atom. The molecule has 0 aliphatic heterocycles. The van der Waals surface area contributed by atoms with E-state index in [-0.39, 0.29) is 5.82 Å². The first-order valence-electron chi connectivity index (χ1n) is 4.42. The van der Waals surface area contributed by atoms with E-state index < -0.39 is 0 Å². The largest absolute Gasteiger partial charge is 0.399 e. The van der Waals surface area contributed by atoms with Crippen molar-refractivity contribution in [1.29, 1.82) is 0 Å². The van der Waals surface area contributed by atoms with E-state index in [1.165, 1.54) is 17.4 Å². The smallest absolute Gasteiger partial charge is 0.148 e. The number of anilines is 2. The number of hydrogen-bond donors (Lipinski definition) is 2. The van der Waals surface area contributed by atoms with Crippen molar-refractivity contribution in [3.05, 3.63) is 40.6 Å². The van der Waals surface area contributed by atoms with Crippen LogP contribution >= 0.6 is 11.3 Å². The number of rotatable bonds is 3. The van der Waals surface area contributed by atoms with E-state index in [0.29, 0.717) is 17.9 Å². The van der Waals surface area contributed by atoms with Crippen molar-refractivity contribution in [2.45, 2.75) is 6.54 Å². The lowest BCUT2D eigenvalue weighted by atomic mass is 10.2. The Kier molecular flexibility index (Phi) is 2.82. The molecular weight excluding hydrogens is 213 g/mol. The molecular formula is C10H10FN3S. The first-order valence-corrected chi connectivity index (χ1v) is 5.30. The van der Waals surface area contributed by atoms with Gasteiger partial charge in [-0.1, -0.05) is 0 Å². The summed E-state index contributed by atoms with van der Waals surface area (Å²) in [6.45, 7) is 0.575. The minimum absolute atomic E-state index is 0.334. The molecule has 2 aromatic rings. The number of aromatic nitrogens is 1. The summed E-state index contributed by atoms with van der Waals surface area (Å²) >= 11 is 1.53. The maximum absolute atomic E-state index is 13.3. The van der Waals surface area contributed by atoms with Gasteiger partial charge in [0.2, 0.25) is 0 Å². The number of nitrogens with one attached hydrogen (secondary N) is 1. The third-order valence-electron chi connectivity index (χ3n) is 1.93. The van der Waals surface area contributed by atoms with E-state index in [0.717, 1.165) is 4.88 Å². The molecule has 1 aromatic carbocycles. The van der Waals surface area contributed by atoms with E-state index in [2.05, 4.69) is 10.3 Å². The van der Waals surface area contributed by atoms with Crippen molar-refractivity contribution in [2.75, 3.05) is 11.1 Å². The topological polar surface area (TPSA) is 50.9 Å². The molecule has 2 rings (SSSR count). The summed E-state index contributed by atoms with van der Waals surface area (Å²) in [6, 6.07) is 4.60. The quantitative estimate of drug-likeness (QED) is 0.786. The lowest BCUT2D eigenvalue weighted by Gasteiger charge is -2.06. The first kappa shape index (κ1) is 9.92. The Bertz CT molecular complexity index is 442. The van der Waals surface area contributed by atoms with Crippen LogP contribution in [0.2, 0.25) is 0 Å². The van der Waals surface area contributed by atoms with Gasteiger partial charge in [-0.25, -0.2) is 4.39 Å². The zero-order valence-corrected chi connectivity index (χ0v) is 8.72.